The Morgan fingerprint density at radius 1 is 1.29 bits per heavy atom. The molecule has 1 rings (SSSR count). The van der Waals surface area contributed by atoms with Crippen molar-refractivity contribution < 1.29 is 14.6 Å². The van der Waals surface area contributed by atoms with Gasteiger partial charge in [-0.15, -0.1) is 0 Å². The first-order valence-corrected chi connectivity index (χ1v) is 4.44. The van der Waals surface area contributed by atoms with E-state index in [1.807, 2.05) is 0 Å². The summed E-state index contributed by atoms with van der Waals surface area (Å²) < 4.78 is 13.1. The molecular formula is C11H13FO2. The normalized spacial score (nSPS) is 11.1. The zero-order valence-corrected chi connectivity index (χ0v) is 7.78. The van der Waals surface area contributed by atoms with Gasteiger partial charge in [0.15, 0.2) is 0 Å². The Morgan fingerprint density at radius 3 is 2.64 bits per heavy atom. The summed E-state index contributed by atoms with van der Waals surface area (Å²) >= 11 is 0. The fourth-order valence-corrected chi connectivity index (χ4v) is 1.09. The standard InChI is InChI=1S/C11H13FO2/c12-11-7-9(3-1-2-6-13)4-5-10(11)8-14/h1,3-5,7,13-14H,2,6,8H2. The summed E-state index contributed by atoms with van der Waals surface area (Å²) in [5.74, 6) is -0.404. The van der Waals surface area contributed by atoms with Crippen molar-refractivity contribution in [2.24, 2.45) is 0 Å². The lowest BCUT2D eigenvalue weighted by Crippen LogP contribution is -1.89. The number of halogens is 1. The Balaban J connectivity index is 2.76. The molecule has 0 unspecified atom stereocenters. The number of rotatable bonds is 4. The van der Waals surface area contributed by atoms with Gasteiger partial charge in [0.2, 0.25) is 0 Å². The van der Waals surface area contributed by atoms with Crippen LogP contribution in [-0.2, 0) is 6.61 Å². The monoisotopic (exact) mass is 196 g/mol. The second-order valence-corrected chi connectivity index (χ2v) is 2.92. The Labute approximate surface area is 82.3 Å². The second-order valence-electron chi connectivity index (χ2n) is 2.92. The average Bonchev–Trinajstić information content (AvgIpc) is 2.18. The van der Waals surface area contributed by atoms with Crippen LogP contribution in [0.4, 0.5) is 4.39 Å². The largest absolute Gasteiger partial charge is 0.396 e. The van der Waals surface area contributed by atoms with Crippen LogP contribution in [0.25, 0.3) is 6.08 Å². The van der Waals surface area contributed by atoms with Gasteiger partial charge in [-0.1, -0.05) is 24.3 Å². The van der Waals surface area contributed by atoms with Gasteiger partial charge in [-0.05, 0) is 18.1 Å². The zero-order valence-electron chi connectivity index (χ0n) is 7.78. The number of benzene rings is 1. The third-order valence-electron chi connectivity index (χ3n) is 1.85. The van der Waals surface area contributed by atoms with Crippen molar-refractivity contribution in [1.29, 1.82) is 0 Å². The smallest absolute Gasteiger partial charge is 0.129 e. The molecule has 0 aliphatic rings. The number of aliphatic hydroxyl groups excluding tert-OH is 2. The summed E-state index contributed by atoms with van der Waals surface area (Å²) in [5.41, 5.74) is 1.03. The second kappa shape index (κ2) is 5.52. The summed E-state index contributed by atoms with van der Waals surface area (Å²) in [6.07, 6.45) is 4.07. The predicted octanol–water partition coefficient (Wildman–Crippen LogP) is 1.71. The van der Waals surface area contributed by atoms with Gasteiger partial charge in [0, 0.05) is 12.2 Å². The van der Waals surface area contributed by atoms with Gasteiger partial charge < -0.3 is 10.2 Å². The Bertz CT molecular complexity index is 321. The fraction of sp³-hybridized carbons (Fsp3) is 0.273. The highest BCUT2D eigenvalue weighted by Gasteiger charge is 1.99. The first kappa shape index (κ1) is 10.9. The van der Waals surface area contributed by atoms with Crippen molar-refractivity contribution in [2.75, 3.05) is 6.61 Å². The van der Waals surface area contributed by atoms with E-state index in [9.17, 15) is 4.39 Å². The van der Waals surface area contributed by atoms with Crippen LogP contribution in [0.3, 0.4) is 0 Å². The summed E-state index contributed by atoms with van der Waals surface area (Å²) in [6, 6.07) is 4.63. The highest BCUT2D eigenvalue weighted by atomic mass is 19.1. The molecule has 0 aliphatic carbocycles. The lowest BCUT2D eigenvalue weighted by Gasteiger charge is -1.99. The number of aliphatic hydroxyl groups is 2. The Morgan fingerprint density at radius 2 is 2.07 bits per heavy atom. The van der Waals surface area contributed by atoms with Crippen LogP contribution in [0.2, 0.25) is 0 Å². The van der Waals surface area contributed by atoms with Crippen LogP contribution in [0.5, 0.6) is 0 Å². The molecule has 0 amide bonds. The highest BCUT2D eigenvalue weighted by molar-refractivity contribution is 5.49. The molecule has 2 N–H and O–H groups in total. The van der Waals surface area contributed by atoms with Crippen molar-refractivity contribution in [3.63, 3.8) is 0 Å². The fourth-order valence-electron chi connectivity index (χ4n) is 1.09. The minimum atomic E-state index is -0.404. The lowest BCUT2D eigenvalue weighted by atomic mass is 10.1. The van der Waals surface area contributed by atoms with Crippen LogP contribution in [0.1, 0.15) is 17.5 Å². The van der Waals surface area contributed by atoms with Crippen molar-refractivity contribution in [3.05, 3.63) is 41.2 Å². The van der Waals surface area contributed by atoms with Gasteiger partial charge >= 0.3 is 0 Å². The van der Waals surface area contributed by atoms with E-state index in [0.717, 1.165) is 5.56 Å². The minimum absolute atomic E-state index is 0.0910. The summed E-state index contributed by atoms with van der Waals surface area (Å²) in [7, 11) is 0. The first-order chi connectivity index (χ1) is 6.77. The summed E-state index contributed by atoms with van der Waals surface area (Å²) in [5, 5.41) is 17.3. The van der Waals surface area contributed by atoms with Crippen LogP contribution >= 0.6 is 0 Å². The SMILES string of the molecule is OCCC=Cc1ccc(CO)c(F)c1. The molecule has 0 heterocycles. The van der Waals surface area contributed by atoms with E-state index in [0.29, 0.717) is 12.0 Å². The molecule has 0 aromatic heterocycles. The molecule has 1 aromatic rings. The Hall–Kier alpha value is -1.19. The minimum Gasteiger partial charge on any atom is -0.396 e. The molecule has 3 heteroatoms. The first-order valence-electron chi connectivity index (χ1n) is 4.44. The van der Waals surface area contributed by atoms with Crippen molar-refractivity contribution in [2.45, 2.75) is 13.0 Å². The number of hydrogen-bond acceptors (Lipinski definition) is 2. The van der Waals surface area contributed by atoms with Crippen LogP contribution in [-0.4, -0.2) is 16.8 Å². The molecule has 0 radical (unpaired) electrons. The topological polar surface area (TPSA) is 40.5 Å². The van der Waals surface area contributed by atoms with E-state index in [4.69, 9.17) is 10.2 Å². The maximum atomic E-state index is 13.1. The molecule has 76 valence electrons. The average molecular weight is 196 g/mol. The molecule has 2 nitrogen and oxygen atoms in total. The quantitative estimate of drug-likeness (QED) is 0.769. The van der Waals surface area contributed by atoms with Crippen molar-refractivity contribution in [3.8, 4) is 0 Å². The van der Waals surface area contributed by atoms with Crippen molar-refractivity contribution in [1.82, 2.24) is 0 Å². The molecule has 0 fully saturated rings. The summed E-state index contributed by atoms with van der Waals surface area (Å²) in [6.45, 7) is -0.194. The van der Waals surface area contributed by atoms with Crippen LogP contribution in [0, 0.1) is 5.82 Å². The van der Waals surface area contributed by atoms with Gasteiger partial charge in [0.05, 0.1) is 6.61 Å². The van der Waals surface area contributed by atoms with E-state index in [1.165, 1.54) is 6.07 Å². The summed E-state index contributed by atoms with van der Waals surface area (Å²) in [4.78, 5) is 0. The lowest BCUT2D eigenvalue weighted by molar-refractivity contribution is 0.275. The molecule has 0 spiro atoms. The van der Waals surface area contributed by atoms with E-state index < -0.39 is 5.82 Å². The molecule has 14 heavy (non-hydrogen) atoms. The molecule has 0 atom stereocenters. The van der Waals surface area contributed by atoms with Gasteiger partial charge in [-0.3, -0.25) is 0 Å². The van der Waals surface area contributed by atoms with Crippen LogP contribution in [0.15, 0.2) is 24.3 Å². The maximum Gasteiger partial charge on any atom is 0.129 e. The molecule has 1 aromatic carbocycles. The van der Waals surface area contributed by atoms with E-state index in [1.54, 1.807) is 24.3 Å². The molecule has 0 bridgehead atoms. The predicted molar refractivity (Wildman–Crippen MR) is 53.1 cm³/mol. The van der Waals surface area contributed by atoms with E-state index in [2.05, 4.69) is 0 Å². The molecule has 0 saturated carbocycles. The third kappa shape index (κ3) is 2.94. The van der Waals surface area contributed by atoms with Gasteiger partial charge in [0.25, 0.3) is 0 Å². The van der Waals surface area contributed by atoms with E-state index in [-0.39, 0.29) is 13.2 Å². The zero-order chi connectivity index (χ0) is 10.4. The van der Waals surface area contributed by atoms with Gasteiger partial charge in [-0.2, -0.15) is 0 Å². The van der Waals surface area contributed by atoms with E-state index >= 15 is 0 Å². The molecule has 0 aliphatic heterocycles. The molecular weight excluding hydrogens is 183 g/mol. The van der Waals surface area contributed by atoms with Gasteiger partial charge in [-0.25, -0.2) is 4.39 Å². The van der Waals surface area contributed by atoms with Crippen molar-refractivity contribution >= 4 is 6.08 Å². The molecule has 0 saturated heterocycles. The third-order valence-corrected chi connectivity index (χ3v) is 1.85. The number of hydrogen-bond donors (Lipinski definition) is 2. The van der Waals surface area contributed by atoms with Gasteiger partial charge in [0.1, 0.15) is 5.82 Å². The maximum absolute atomic E-state index is 13.1. The highest BCUT2D eigenvalue weighted by Crippen LogP contribution is 2.11. The Kier molecular flexibility index (Phi) is 4.29. The van der Waals surface area contributed by atoms with Crippen LogP contribution < -0.4 is 0 Å².